The van der Waals surface area contributed by atoms with Gasteiger partial charge in [-0.2, -0.15) is 0 Å². The van der Waals surface area contributed by atoms with Gasteiger partial charge in [0.2, 0.25) is 5.91 Å². The monoisotopic (exact) mass is 679 g/mol. The third-order valence-corrected chi connectivity index (χ3v) is 8.84. The van der Waals surface area contributed by atoms with Crippen LogP contribution in [-0.2, 0) is 41.9 Å². The summed E-state index contributed by atoms with van der Waals surface area (Å²) in [5.41, 5.74) is 1.83. The van der Waals surface area contributed by atoms with Gasteiger partial charge in [0.05, 0.1) is 0 Å². The molecule has 49 heavy (non-hydrogen) atoms. The predicted octanol–water partition coefficient (Wildman–Crippen LogP) is 9.58. The number of hydrogen-bond acceptors (Lipinski definition) is 6. The molecule has 0 aliphatic carbocycles. The van der Waals surface area contributed by atoms with E-state index in [9.17, 15) is 24.3 Å². The smallest absolute Gasteiger partial charge is 0.329 e. The second-order valence-electron chi connectivity index (χ2n) is 13.1. The van der Waals surface area contributed by atoms with Gasteiger partial charge in [0.25, 0.3) is 0 Å². The van der Waals surface area contributed by atoms with Crippen LogP contribution in [0.15, 0.2) is 60.7 Å². The minimum atomic E-state index is -1.000. The molecule has 2 aromatic carbocycles. The fraction of sp³-hybridized carbons (Fsp3) is 0.610. The maximum Gasteiger partial charge on any atom is 0.329 e. The lowest BCUT2D eigenvalue weighted by Crippen LogP contribution is -2.46. The fourth-order valence-corrected chi connectivity index (χ4v) is 5.92. The molecule has 8 heteroatoms. The van der Waals surface area contributed by atoms with Crippen molar-refractivity contribution in [3.05, 3.63) is 71.8 Å². The normalized spacial score (nSPS) is 11.5. The van der Waals surface area contributed by atoms with E-state index in [0.29, 0.717) is 32.4 Å². The first-order valence-electron chi connectivity index (χ1n) is 18.8. The lowest BCUT2D eigenvalue weighted by Gasteiger charge is -2.30. The summed E-state index contributed by atoms with van der Waals surface area (Å²) in [4.78, 5) is 52.0. The van der Waals surface area contributed by atoms with Crippen LogP contribution in [0.3, 0.4) is 0 Å². The number of carboxylic acid groups (broad SMARTS) is 1. The van der Waals surface area contributed by atoms with E-state index in [2.05, 4.69) is 6.92 Å². The molecule has 1 N–H and O–H groups in total. The van der Waals surface area contributed by atoms with Gasteiger partial charge >= 0.3 is 17.9 Å². The summed E-state index contributed by atoms with van der Waals surface area (Å²) >= 11 is 0. The SMILES string of the molecule is CCCCCCCCCCCN(C(=O)CCCCCCCCCC(=O)OCc1ccccc1)[C@@H](CCC(=O)O)C(=O)OCc1ccccc1. The number of carbonyl (C=O) groups is 4. The van der Waals surface area contributed by atoms with Crippen LogP contribution >= 0.6 is 0 Å². The van der Waals surface area contributed by atoms with Crippen LogP contribution in [0.5, 0.6) is 0 Å². The van der Waals surface area contributed by atoms with E-state index in [1.165, 1.54) is 32.1 Å². The molecule has 0 aromatic heterocycles. The Morgan fingerprint density at radius 1 is 0.592 bits per heavy atom. The number of carbonyl (C=O) groups excluding carboxylic acids is 3. The molecule has 0 radical (unpaired) electrons. The van der Waals surface area contributed by atoms with E-state index in [1.807, 2.05) is 60.7 Å². The highest BCUT2D eigenvalue weighted by molar-refractivity contribution is 5.85. The Morgan fingerprint density at radius 3 is 1.59 bits per heavy atom. The van der Waals surface area contributed by atoms with Crippen LogP contribution in [0.4, 0.5) is 0 Å². The minimum Gasteiger partial charge on any atom is -0.481 e. The van der Waals surface area contributed by atoms with Crippen molar-refractivity contribution in [2.45, 2.75) is 155 Å². The Kier molecular flexibility index (Phi) is 23.0. The Bertz CT molecular complexity index is 1170. The lowest BCUT2D eigenvalue weighted by atomic mass is 10.0. The van der Waals surface area contributed by atoms with Gasteiger partial charge in [-0.25, -0.2) is 4.79 Å². The maximum atomic E-state index is 13.6. The van der Waals surface area contributed by atoms with Crippen molar-refractivity contribution in [1.29, 1.82) is 0 Å². The molecule has 272 valence electrons. The quantitative estimate of drug-likeness (QED) is 0.0673. The molecule has 0 bridgehead atoms. The largest absolute Gasteiger partial charge is 0.481 e. The maximum absolute atomic E-state index is 13.6. The molecule has 0 saturated heterocycles. The van der Waals surface area contributed by atoms with Crippen LogP contribution in [0.25, 0.3) is 0 Å². The van der Waals surface area contributed by atoms with E-state index in [1.54, 1.807) is 4.90 Å². The first-order chi connectivity index (χ1) is 23.9. The summed E-state index contributed by atoms with van der Waals surface area (Å²) in [6.07, 6.45) is 17.2. The van der Waals surface area contributed by atoms with Crippen molar-refractivity contribution in [2.75, 3.05) is 6.54 Å². The van der Waals surface area contributed by atoms with Crippen LogP contribution < -0.4 is 0 Å². The van der Waals surface area contributed by atoms with E-state index < -0.39 is 18.0 Å². The average Bonchev–Trinajstić information content (AvgIpc) is 3.11. The van der Waals surface area contributed by atoms with Gasteiger partial charge in [-0.3, -0.25) is 14.4 Å². The van der Waals surface area contributed by atoms with E-state index in [0.717, 1.165) is 75.3 Å². The van der Waals surface area contributed by atoms with Gasteiger partial charge in [-0.15, -0.1) is 0 Å². The van der Waals surface area contributed by atoms with Gasteiger partial charge in [-0.05, 0) is 36.8 Å². The summed E-state index contributed by atoms with van der Waals surface area (Å²) in [5.74, 6) is -1.82. The van der Waals surface area contributed by atoms with Crippen LogP contribution in [0, 0.1) is 0 Å². The van der Waals surface area contributed by atoms with Crippen molar-refractivity contribution < 1.29 is 33.8 Å². The zero-order valence-electron chi connectivity index (χ0n) is 30.0. The third kappa shape index (κ3) is 20.4. The molecule has 1 amide bonds. The number of amides is 1. The number of ether oxygens (including phenoxy) is 2. The van der Waals surface area contributed by atoms with Crippen molar-refractivity contribution in [2.24, 2.45) is 0 Å². The Balaban J connectivity index is 1.79. The van der Waals surface area contributed by atoms with E-state index >= 15 is 0 Å². The number of aliphatic carboxylic acids is 1. The highest BCUT2D eigenvalue weighted by Gasteiger charge is 2.31. The molecular formula is C41H61NO7. The van der Waals surface area contributed by atoms with E-state index in [-0.39, 0.29) is 31.3 Å². The second-order valence-corrected chi connectivity index (χ2v) is 13.1. The number of rotatable bonds is 29. The summed E-state index contributed by atoms with van der Waals surface area (Å²) in [6, 6.07) is 18.1. The summed E-state index contributed by atoms with van der Waals surface area (Å²) in [7, 11) is 0. The Morgan fingerprint density at radius 2 is 1.06 bits per heavy atom. The molecule has 0 saturated carbocycles. The first-order valence-corrected chi connectivity index (χ1v) is 18.8. The predicted molar refractivity (Wildman–Crippen MR) is 194 cm³/mol. The topological polar surface area (TPSA) is 110 Å². The number of hydrogen-bond donors (Lipinski definition) is 1. The van der Waals surface area contributed by atoms with Crippen molar-refractivity contribution in [3.63, 3.8) is 0 Å². The zero-order chi connectivity index (χ0) is 35.4. The van der Waals surface area contributed by atoms with Crippen LogP contribution in [-0.4, -0.2) is 46.4 Å². The number of nitrogens with zero attached hydrogens (tertiary/aromatic N) is 1. The molecule has 1 atom stereocenters. The van der Waals surface area contributed by atoms with Crippen LogP contribution in [0.2, 0.25) is 0 Å². The summed E-state index contributed by atoms with van der Waals surface area (Å²) in [5, 5.41) is 9.42. The Labute approximate surface area is 294 Å². The average molecular weight is 680 g/mol. The zero-order valence-corrected chi connectivity index (χ0v) is 30.0. The molecular weight excluding hydrogens is 618 g/mol. The Hall–Kier alpha value is -3.68. The number of benzene rings is 2. The number of esters is 2. The molecule has 2 aromatic rings. The molecule has 0 unspecified atom stereocenters. The van der Waals surface area contributed by atoms with Gasteiger partial charge in [-0.1, -0.05) is 151 Å². The van der Waals surface area contributed by atoms with Crippen molar-refractivity contribution in [1.82, 2.24) is 4.90 Å². The molecule has 0 spiro atoms. The highest BCUT2D eigenvalue weighted by atomic mass is 16.5. The van der Waals surface area contributed by atoms with Gasteiger partial charge in [0, 0.05) is 25.8 Å². The lowest BCUT2D eigenvalue weighted by molar-refractivity contribution is -0.157. The van der Waals surface area contributed by atoms with Crippen LogP contribution in [0.1, 0.15) is 146 Å². The molecule has 0 aliphatic heterocycles. The molecule has 8 nitrogen and oxygen atoms in total. The number of unbranched alkanes of at least 4 members (excludes halogenated alkanes) is 14. The van der Waals surface area contributed by atoms with Gasteiger partial charge < -0.3 is 19.5 Å². The van der Waals surface area contributed by atoms with Gasteiger partial charge in [0.15, 0.2) is 0 Å². The first kappa shape index (κ1) is 41.5. The number of carboxylic acids is 1. The fourth-order valence-electron chi connectivity index (χ4n) is 5.92. The molecule has 0 heterocycles. The summed E-state index contributed by atoms with van der Waals surface area (Å²) < 4.78 is 11.0. The molecule has 0 aliphatic rings. The standard InChI is InChI=1S/C41H61NO7/c1-2-3-4-5-6-7-11-14-23-32-42(37(30-31-39(44)45)41(47)49-34-36-26-19-16-20-27-36)38(43)28-21-12-9-8-10-13-22-29-40(46)48-33-35-24-17-15-18-25-35/h15-20,24-27,37H,2-14,21-23,28-34H2,1H3,(H,44,45)/t37-/m0/s1. The third-order valence-electron chi connectivity index (χ3n) is 8.84. The van der Waals surface area contributed by atoms with Gasteiger partial charge in [0.1, 0.15) is 19.3 Å². The van der Waals surface area contributed by atoms with Crippen molar-refractivity contribution in [3.8, 4) is 0 Å². The second kappa shape index (κ2) is 27.2. The summed E-state index contributed by atoms with van der Waals surface area (Å²) in [6.45, 7) is 3.03. The van der Waals surface area contributed by atoms with Crippen molar-refractivity contribution >= 4 is 23.8 Å². The molecule has 0 fully saturated rings. The molecule has 2 rings (SSSR count). The highest BCUT2D eigenvalue weighted by Crippen LogP contribution is 2.18. The minimum absolute atomic E-state index is 0.0337. The van der Waals surface area contributed by atoms with E-state index in [4.69, 9.17) is 9.47 Å².